The molecule has 3 heterocycles. The smallest absolute Gasteiger partial charge is 0.480 e. The number of fused-ring (bicyclic) bond motifs is 1. The molecule has 1 saturated heterocycles. The standard InChI is InChI=1S/C25H25N3O6S4.2Na/c1-5-14(9-17-26(6-2)15-7-12(3)13(4)8-16(15)36-17)20-22(33)27(10-18(29)30)24(37-20)21-23(34)28(11-19(31)32)25(35)38-21;;/h7-9H,5-6,10-11H2,1-4H3,(H,29,30)(H,31,32);;/q;2*+1/b17-9+,20-14+,24-21+;;. The van der Waals surface area contributed by atoms with Crippen molar-refractivity contribution in [2.24, 2.45) is 0 Å². The number of nitrogens with zero attached hydrogens (tertiary/aromatic N) is 3. The number of amides is 1. The molecule has 0 spiro atoms. The maximum absolute atomic E-state index is 13.5. The molecular weight excluding hydrogens is 613 g/mol. The van der Waals surface area contributed by atoms with Gasteiger partial charge in [0.2, 0.25) is 0 Å². The molecule has 1 aromatic heterocycles. The second-order valence-corrected chi connectivity index (χ2v) is 12.3. The molecule has 0 radical (unpaired) electrons. The number of thiazole rings is 1. The molecule has 2 aromatic rings. The van der Waals surface area contributed by atoms with Gasteiger partial charge < -0.3 is 15.1 Å². The number of thiocarbonyl (C=S) groups is 1. The molecule has 0 saturated carbocycles. The first-order valence-electron chi connectivity index (χ1n) is 11.7. The predicted octanol–water partition coefficient (Wildman–Crippen LogP) is -3.29. The number of hydrogen-bond donors (Lipinski definition) is 2. The van der Waals surface area contributed by atoms with Gasteiger partial charge in [0.1, 0.15) is 27.0 Å². The van der Waals surface area contributed by atoms with Crippen LogP contribution in [0.3, 0.4) is 0 Å². The number of rotatable bonds is 7. The van der Waals surface area contributed by atoms with Crippen LogP contribution in [0, 0.1) is 13.8 Å². The zero-order chi connectivity index (χ0) is 27.9. The molecule has 1 amide bonds. The maximum Gasteiger partial charge on any atom is 1.00 e. The quantitative estimate of drug-likeness (QED) is 0.236. The van der Waals surface area contributed by atoms with Crippen LogP contribution in [0.25, 0.3) is 10.5 Å². The van der Waals surface area contributed by atoms with Gasteiger partial charge in [-0.05, 0) is 62.1 Å². The zero-order valence-corrected chi connectivity index (χ0v) is 30.3. The Morgan fingerprint density at radius 2 is 1.60 bits per heavy atom. The first-order chi connectivity index (χ1) is 18.0. The summed E-state index contributed by atoms with van der Waals surface area (Å²) in [5.41, 5.74) is 3.69. The van der Waals surface area contributed by atoms with Gasteiger partial charge in [0.25, 0.3) is 11.5 Å². The third-order valence-corrected chi connectivity index (χ3v) is 10.1. The fourth-order valence-corrected chi connectivity index (χ4v) is 8.03. The number of carbonyl (C=O) groups excluding carboxylic acids is 1. The van der Waals surface area contributed by atoms with Crippen molar-refractivity contribution >= 4 is 85.4 Å². The van der Waals surface area contributed by atoms with Gasteiger partial charge in [0, 0.05) is 11.4 Å². The Morgan fingerprint density at radius 3 is 2.17 bits per heavy atom. The molecule has 2 aliphatic rings. The monoisotopic (exact) mass is 637 g/mol. The van der Waals surface area contributed by atoms with Crippen LogP contribution in [0.2, 0.25) is 0 Å². The van der Waals surface area contributed by atoms with E-state index in [-0.39, 0.29) is 73.0 Å². The molecule has 40 heavy (non-hydrogen) atoms. The van der Waals surface area contributed by atoms with Gasteiger partial charge in [-0.1, -0.05) is 42.7 Å². The second-order valence-electron chi connectivity index (χ2n) is 8.62. The average Bonchev–Trinajstić information content (AvgIpc) is 3.44. The number of carbonyl (C=O) groups is 3. The normalized spacial score (nSPS) is 17.6. The Labute approximate surface area is 293 Å². The Morgan fingerprint density at radius 1 is 0.975 bits per heavy atom. The third kappa shape index (κ3) is 7.01. The number of anilines is 1. The van der Waals surface area contributed by atoms with E-state index in [0.717, 1.165) is 54.7 Å². The first kappa shape index (κ1) is 35.3. The average molecular weight is 638 g/mol. The Kier molecular flexibility index (Phi) is 12.8. The van der Waals surface area contributed by atoms with Crippen LogP contribution >= 0.6 is 47.1 Å². The van der Waals surface area contributed by atoms with Gasteiger partial charge in [-0.15, -0.1) is 11.3 Å². The summed E-state index contributed by atoms with van der Waals surface area (Å²) in [6.45, 7) is 7.58. The van der Waals surface area contributed by atoms with Crippen molar-refractivity contribution in [1.82, 2.24) is 9.47 Å². The summed E-state index contributed by atoms with van der Waals surface area (Å²) in [6.07, 6.45) is 2.45. The SMILES string of the molecule is CCC(/C=C1/Sc2cc(C)c(C)cc2N1CC)=c1\s/c(=C2/SC(=S)N(CC(=O)O)C2=O)n(CC(=O)O)c1=O.[Na+].[Na+]. The number of carboxylic acid groups (broad SMARTS) is 2. The molecule has 0 bridgehead atoms. The topological polar surface area (TPSA) is 120 Å². The van der Waals surface area contributed by atoms with Gasteiger partial charge in [0.05, 0.1) is 15.2 Å². The Hall–Kier alpha value is -0.870. The molecule has 0 unspecified atom stereocenters. The van der Waals surface area contributed by atoms with E-state index in [0.29, 0.717) is 16.5 Å². The van der Waals surface area contributed by atoms with Gasteiger partial charge in [-0.3, -0.25) is 28.6 Å². The van der Waals surface area contributed by atoms with E-state index in [1.807, 2.05) is 13.0 Å². The number of hydrogen-bond acceptors (Lipinski definition) is 9. The number of aryl methyl sites for hydroxylation is 2. The Bertz CT molecular complexity index is 1610. The number of aromatic nitrogens is 1. The van der Waals surface area contributed by atoms with Gasteiger partial charge in [0.15, 0.2) is 0 Å². The van der Waals surface area contributed by atoms with Crippen molar-refractivity contribution in [1.29, 1.82) is 0 Å². The molecule has 1 fully saturated rings. The largest absolute Gasteiger partial charge is 1.00 e. The fourth-order valence-electron chi connectivity index (χ4n) is 4.12. The number of carboxylic acids is 2. The minimum absolute atomic E-state index is 0. The molecule has 9 nitrogen and oxygen atoms in total. The van der Waals surface area contributed by atoms with Crippen molar-refractivity contribution in [3.8, 4) is 0 Å². The summed E-state index contributed by atoms with van der Waals surface area (Å²) in [4.78, 5) is 53.7. The fraction of sp³-hybridized carbons (Fsp3) is 0.320. The van der Waals surface area contributed by atoms with E-state index in [4.69, 9.17) is 17.3 Å². The van der Waals surface area contributed by atoms with Crippen LogP contribution < -0.4 is 78.8 Å². The third-order valence-electron chi connectivity index (χ3n) is 6.15. The number of thioether (sulfide) groups is 2. The van der Waals surface area contributed by atoms with Gasteiger partial charge in [-0.25, -0.2) is 0 Å². The molecule has 2 aliphatic heterocycles. The van der Waals surface area contributed by atoms with Crippen molar-refractivity contribution in [2.75, 3.05) is 18.0 Å². The minimum Gasteiger partial charge on any atom is -0.480 e. The van der Waals surface area contributed by atoms with E-state index in [2.05, 4.69) is 37.8 Å². The predicted molar refractivity (Wildman–Crippen MR) is 155 cm³/mol. The van der Waals surface area contributed by atoms with E-state index >= 15 is 0 Å². The van der Waals surface area contributed by atoms with Crippen LogP contribution in [-0.4, -0.2) is 54.9 Å². The van der Waals surface area contributed by atoms with Crippen LogP contribution in [-0.2, 0) is 20.9 Å². The summed E-state index contributed by atoms with van der Waals surface area (Å²) in [7, 11) is 0. The zero-order valence-electron chi connectivity index (χ0n) is 23.1. The first-order valence-corrected chi connectivity index (χ1v) is 14.5. The molecule has 4 rings (SSSR count). The van der Waals surface area contributed by atoms with Gasteiger partial charge >= 0.3 is 71.1 Å². The summed E-state index contributed by atoms with van der Waals surface area (Å²) in [6, 6.07) is 4.31. The molecule has 1 aromatic carbocycles. The molecular formula is C25H25N3Na2O6S4+2. The second kappa shape index (κ2) is 14.5. The van der Waals surface area contributed by atoms with Crippen molar-refractivity contribution in [3.63, 3.8) is 0 Å². The van der Waals surface area contributed by atoms with Gasteiger partial charge in [-0.2, -0.15) is 0 Å². The summed E-state index contributed by atoms with van der Waals surface area (Å²) >= 11 is 8.71. The molecule has 200 valence electrons. The summed E-state index contributed by atoms with van der Waals surface area (Å²) < 4.78 is 1.59. The summed E-state index contributed by atoms with van der Waals surface area (Å²) in [5, 5.41) is 19.6. The molecule has 0 atom stereocenters. The number of benzene rings is 1. The summed E-state index contributed by atoms with van der Waals surface area (Å²) in [5.74, 6) is -3.12. The number of aliphatic carboxylic acids is 2. The van der Waals surface area contributed by atoms with E-state index in [1.165, 1.54) is 11.1 Å². The minimum atomic E-state index is -1.24. The van der Waals surface area contributed by atoms with Crippen molar-refractivity contribution < 1.29 is 83.7 Å². The molecule has 15 heteroatoms. The van der Waals surface area contributed by atoms with Crippen molar-refractivity contribution in [2.45, 2.75) is 45.6 Å². The maximum atomic E-state index is 13.5. The van der Waals surface area contributed by atoms with Crippen LogP contribution in [0.5, 0.6) is 0 Å². The van der Waals surface area contributed by atoms with Crippen molar-refractivity contribution in [3.05, 3.63) is 53.9 Å². The Balaban J connectivity index is 0.00000280. The number of allylic oxidation sites excluding steroid dienone is 1. The van der Waals surface area contributed by atoms with E-state index in [1.54, 1.807) is 11.8 Å². The van der Waals surface area contributed by atoms with E-state index in [9.17, 15) is 24.3 Å². The van der Waals surface area contributed by atoms with Crippen LogP contribution in [0.1, 0.15) is 31.4 Å². The van der Waals surface area contributed by atoms with Crippen LogP contribution in [0.4, 0.5) is 5.69 Å². The molecule has 2 N–H and O–H groups in total. The van der Waals surface area contributed by atoms with Crippen LogP contribution in [0.15, 0.2) is 32.9 Å². The molecule has 0 aliphatic carbocycles. The van der Waals surface area contributed by atoms with E-state index < -0.39 is 36.5 Å².